The maximum atomic E-state index is 9.02. The van der Waals surface area contributed by atoms with Gasteiger partial charge >= 0.3 is 0 Å². The second-order valence-electron chi connectivity index (χ2n) is 5.95. The lowest BCUT2D eigenvalue weighted by molar-refractivity contribution is 0.269. The molecule has 0 fully saturated rings. The fourth-order valence-corrected chi connectivity index (χ4v) is 3.10. The number of hydrogen-bond donors (Lipinski definition) is 2. The molecular weight excluding hydrogens is 298 g/mol. The standard InChI is InChI=1S/C20H23N3O/c1-16(22-19-14-21-23(15-19)12-13-24)20(17-8-4-2-5-9-17)18-10-6-3-7-11-18/h2-11,14-16,20,22,24H,12-13H2,1H3. The molecule has 24 heavy (non-hydrogen) atoms. The summed E-state index contributed by atoms with van der Waals surface area (Å²) in [6.07, 6.45) is 3.74. The molecule has 0 aliphatic carbocycles. The molecule has 1 unspecified atom stereocenters. The molecule has 0 bridgehead atoms. The van der Waals surface area contributed by atoms with Gasteiger partial charge in [-0.05, 0) is 18.1 Å². The maximum Gasteiger partial charge on any atom is 0.0728 e. The van der Waals surface area contributed by atoms with Gasteiger partial charge in [-0.3, -0.25) is 4.68 Å². The molecule has 0 amide bonds. The van der Waals surface area contributed by atoms with Crippen molar-refractivity contribution >= 4 is 5.69 Å². The predicted octanol–water partition coefficient (Wildman–Crippen LogP) is 3.51. The Morgan fingerprint density at radius 2 is 1.58 bits per heavy atom. The summed E-state index contributed by atoms with van der Waals surface area (Å²) in [7, 11) is 0. The SMILES string of the molecule is CC(Nc1cnn(CCO)c1)C(c1ccccc1)c1ccccc1. The highest BCUT2D eigenvalue weighted by molar-refractivity contribution is 5.43. The van der Waals surface area contributed by atoms with Crippen molar-refractivity contribution in [3.05, 3.63) is 84.2 Å². The third kappa shape index (κ3) is 3.84. The third-order valence-corrected chi connectivity index (χ3v) is 4.17. The van der Waals surface area contributed by atoms with Gasteiger partial charge in [-0.1, -0.05) is 60.7 Å². The normalized spacial score (nSPS) is 12.3. The van der Waals surface area contributed by atoms with Crippen LogP contribution in [0.5, 0.6) is 0 Å². The van der Waals surface area contributed by atoms with Crippen molar-refractivity contribution in [1.29, 1.82) is 0 Å². The van der Waals surface area contributed by atoms with E-state index in [1.807, 2.05) is 18.3 Å². The second-order valence-corrected chi connectivity index (χ2v) is 5.95. The number of nitrogens with zero attached hydrogens (tertiary/aromatic N) is 2. The van der Waals surface area contributed by atoms with Crippen LogP contribution in [-0.2, 0) is 6.54 Å². The number of anilines is 1. The minimum absolute atomic E-state index is 0.0906. The summed E-state index contributed by atoms with van der Waals surface area (Å²) in [6, 6.07) is 21.3. The van der Waals surface area contributed by atoms with Gasteiger partial charge in [-0.2, -0.15) is 5.10 Å². The van der Waals surface area contributed by atoms with Crippen molar-refractivity contribution in [2.75, 3.05) is 11.9 Å². The Labute approximate surface area is 142 Å². The van der Waals surface area contributed by atoms with Crippen molar-refractivity contribution in [3.63, 3.8) is 0 Å². The molecule has 0 spiro atoms. The molecular formula is C20H23N3O. The van der Waals surface area contributed by atoms with Crippen molar-refractivity contribution in [1.82, 2.24) is 9.78 Å². The van der Waals surface area contributed by atoms with Gasteiger partial charge in [-0.25, -0.2) is 0 Å². The van der Waals surface area contributed by atoms with Crippen molar-refractivity contribution in [2.24, 2.45) is 0 Å². The minimum atomic E-state index is 0.0906. The Bertz CT molecular complexity index is 700. The molecule has 2 N–H and O–H groups in total. The molecule has 124 valence electrons. The first-order chi connectivity index (χ1) is 11.8. The lowest BCUT2D eigenvalue weighted by Crippen LogP contribution is -2.25. The molecule has 4 nitrogen and oxygen atoms in total. The highest BCUT2D eigenvalue weighted by atomic mass is 16.3. The Kier molecular flexibility index (Phi) is 5.29. The predicted molar refractivity (Wildman–Crippen MR) is 97.1 cm³/mol. The summed E-state index contributed by atoms with van der Waals surface area (Å²) in [5, 5.41) is 16.8. The lowest BCUT2D eigenvalue weighted by Gasteiger charge is -2.26. The van der Waals surface area contributed by atoms with Gasteiger partial charge in [0.15, 0.2) is 0 Å². The lowest BCUT2D eigenvalue weighted by atomic mass is 9.86. The number of nitrogens with one attached hydrogen (secondary N) is 1. The molecule has 4 heteroatoms. The van der Waals surface area contributed by atoms with Crippen LogP contribution < -0.4 is 5.32 Å². The van der Waals surface area contributed by atoms with Gasteiger partial charge in [0.25, 0.3) is 0 Å². The van der Waals surface area contributed by atoms with E-state index in [1.54, 1.807) is 10.9 Å². The Hall–Kier alpha value is -2.59. The number of aliphatic hydroxyl groups is 1. The summed E-state index contributed by atoms with van der Waals surface area (Å²) in [4.78, 5) is 0. The van der Waals surface area contributed by atoms with E-state index in [0.717, 1.165) is 5.69 Å². The Morgan fingerprint density at radius 3 is 2.12 bits per heavy atom. The monoisotopic (exact) mass is 321 g/mol. The third-order valence-electron chi connectivity index (χ3n) is 4.17. The van der Waals surface area contributed by atoms with E-state index >= 15 is 0 Å². The molecule has 0 saturated carbocycles. The van der Waals surface area contributed by atoms with Crippen LogP contribution >= 0.6 is 0 Å². The zero-order valence-electron chi connectivity index (χ0n) is 13.8. The molecule has 2 aromatic carbocycles. The molecule has 1 heterocycles. The van der Waals surface area contributed by atoms with E-state index in [4.69, 9.17) is 5.11 Å². The van der Waals surface area contributed by atoms with Gasteiger partial charge in [0.1, 0.15) is 0 Å². The van der Waals surface area contributed by atoms with Gasteiger partial charge in [0.2, 0.25) is 0 Å². The molecule has 0 saturated heterocycles. The average Bonchev–Trinajstić information content (AvgIpc) is 3.04. The summed E-state index contributed by atoms with van der Waals surface area (Å²) in [5.74, 6) is 0.244. The van der Waals surface area contributed by atoms with E-state index < -0.39 is 0 Å². The topological polar surface area (TPSA) is 50.1 Å². The van der Waals surface area contributed by atoms with Gasteiger partial charge in [0.05, 0.1) is 25.0 Å². The molecule has 0 aliphatic rings. The largest absolute Gasteiger partial charge is 0.394 e. The summed E-state index contributed by atoms with van der Waals surface area (Å²) in [6.45, 7) is 2.79. The fraction of sp³-hybridized carbons (Fsp3) is 0.250. The highest BCUT2D eigenvalue weighted by Gasteiger charge is 2.21. The van der Waals surface area contributed by atoms with Crippen molar-refractivity contribution in [3.8, 4) is 0 Å². The van der Waals surface area contributed by atoms with Crippen molar-refractivity contribution < 1.29 is 5.11 Å². The maximum absolute atomic E-state index is 9.02. The van der Waals surface area contributed by atoms with Crippen molar-refractivity contribution in [2.45, 2.75) is 25.4 Å². The molecule has 3 rings (SSSR count). The Morgan fingerprint density at radius 1 is 1.00 bits per heavy atom. The van der Waals surface area contributed by atoms with Crippen LogP contribution in [-0.4, -0.2) is 27.5 Å². The first kappa shape index (κ1) is 16.3. The molecule has 0 radical (unpaired) electrons. The van der Waals surface area contributed by atoms with Crippen LogP contribution in [0, 0.1) is 0 Å². The number of aromatic nitrogens is 2. The first-order valence-corrected chi connectivity index (χ1v) is 8.27. The van der Waals surface area contributed by atoms with Crippen LogP contribution in [0.1, 0.15) is 24.0 Å². The molecule has 1 atom stereocenters. The zero-order chi connectivity index (χ0) is 16.8. The number of rotatable bonds is 7. The van der Waals surface area contributed by atoms with Crippen LogP contribution in [0.15, 0.2) is 73.1 Å². The van der Waals surface area contributed by atoms with E-state index in [2.05, 4.69) is 65.9 Å². The quantitative estimate of drug-likeness (QED) is 0.700. The van der Waals surface area contributed by atoms with E-state index in [1.165, 1.54) is 11.1 Å². The second kappa shape index (κ2) is 7.79. The smallest absolute Gasteiger partial charge is 0.0728 e. The highest BCUT2D eigenvalue weighted by Crippen LogP contribution is 2.29. The number of aliphatic hydroxyl groups excluding tert-OH is 1. The van der Waals surface area contributed by atoms with Gasteiger partial charge in [0, 0.05) is 18.2 Å². The van der Waals surface area contributed by atoms with Gasteiger partial charge < -0.3 is 10.4 Å². The van der Waals surface area contributed by atoms with Crippen LogP contribution in [0.4, 0.5) is 5.69 Å². The van der Waals surface area contributed by atoms with Crippen LogP contribution in [0.25, 0.3) is 0 Å². The van der Waals surface area contributed by atoms with Crippen LogP contribution in [0.2, 0.25) is 0 Å². The zero-order valence-corrected chi connectivity index (χ0v) is 13.8. The summed E-state index contributed by atoms with van der Waals surface area (Å²) >= 11 is 0. The fourth-order valence-electron chi connectivity index (χ4n) is 3.10. The van der Waals surface area contributed by atoms with Crippen LogP contribution in [0.3, 0.4) is 0 Å². The van der Waals surface area contributed by atoms with E-state index in [9.17, 15) is 0 Å². The number of benzene rings is 2. The van der Waals surface area contributed by atoms with Gasteiger partial charge in [-0.15, -0.1) is 0 Å². The first-order valence-electron chi connectivity index (χ1n) is 8.27. The molecule has 1 aromatic heterocycles. The average molecular weight is 321 g/mol. The van der Waals surface area contributed by atoms with E-state index in [-0.39, 0.29) is 18.6 Å². The number of hydrogen-bond acceptors (Lipinski definition) is 3. The molecule has 3 aromatic rings. The van der Waals surface area contributed by atoms with E-state index in [0.29, 0.717) is 6.54 Å². The summed E-state index contributed by atoms with van der Waals surface area (Å²) < 4.78 is 1.75. The summed E-state index contributed by atoms with van der Waals surface area (Å²) in [5.41, 5.74) is 3.53. The molecule has 0 aliphatic heterocycles. The minimum Gasteiger partial charge on any atom is -0.394 e. The Balaban J connectivity index is 1.84.